The third-order valence-corrected chi connectivity index (χ3v) is 6.53. The van der Waals surface area contributed by atoms with Crippen LogP contribution < -0.4 is 5.32 Å². The number of hydrogen-bond donors (Lipinski definition) is 1. The Balaban J connectivity index is 1.52. The molecular formula is C26H23ClFN3O. The molecule has 0 bridgehead atoms. The number of carbonyl (C=O) groups excluding carboxylic acids is 1. The molecule has 1 saturated heterocycles. The van der Waals surface area contributed by atoms with E-state index in [9.17, 15) is 9.18 Å². The number of fused-ring (bicyclic) bond motifs is 1. The number of anilines is 1. The van der Waals surface area contributed by atoms with Crippen molar-refractivity contribution < 1.29 is 9.18 Å². The fourth-order valence-corrected chi connectivity index (χ4v) is 4.68. The predicted octanol–water partition coefficient (Wildman–Crippen LogP) is 5.30. The van der Waals surface area contributed by atoms with Gasteiger partial charge in [0.05, 0.1) is 11.4 Å². The Morgan fingerprint density at radius 2 is 1.69 bits per heavy atom. The molecular weight excluding hydrogens is 425 g/mol. The van der Waals surface area contributed by atoms with Crippen molar-refractivity contribution in [3.05, 3.63) is 100 Å². The topological polar surface area (TPSA) is 44.7 Å². The van der Waals surface area contributed by atoms with E-state index < -0.39 is 5.54 Å². The lowest BCUT2D eigenvalue weighted by Gasteiger charge is -2.37. The van der Waals surface area contributed by atoms with Gasteiger partial charge in [0.2, 0.25) is 0 Å². The van der Waals surface area contributed by atoms with Crippen LogP contribution in [0.2, 0.25) is 5.02 Å². The molecule has 0 unspecified atom stereocenters. The summed E-state index contributed by atoms with van der Waals surface area (Å²) in [4.78, 5) is 20.7. The summed E-state index contributed by atoms with van der Waals surface area (Å²) in [5, 5.41) is 3.55. The van der Waals surface area contributed by atoms with Gasteiger partial charge >= 0.3 is 0 Å². The summed E-state index contributed by atoms with van der Waals surface area (Å²) >= 11 is 6.26. The van der Waals surface area contributed by atoms with Crippen LogP contribution in [0.4, 0.5) is 10.1 Å². The third-order valence-electron chi connectivity index (χ3n) is 6.29. The normalized spacial score (nSPS) is 17.9. The molecule has 0 radical (unpaired) electrons. The number of carbonyl (C=O) groups is 1. The molecule has 1 spiro atoms. The van der Waals surface area contributed by atoms with E-state index in [2.05, 4.69) is 22.3 Å². The van der Waals surface area contributed by atoms with E-state index in [0.29, 0.717) is 40.4 Å². The van der Waals surface area contributed by atoms with Crippen LogP contribution in [0, 0.1) is 5.82 Å². The first-order valence-corrected chi connectivity index (χ1v) is 11.1. The van der Waals surface area contributed by atoms with Crippen LogP contribution in [0.15, 0.2) is 77.8 Å². The number of aliphatic imine (C=N–C) groups is 1. The fraction of sp³-hybridized carbons (Fsp3) is 0.231. The highest BCUT2D eigenvalue weighted by atomic mass is 35.5. The zero-order valence-corrected chi connectivity index (χ0v) is 18.3. The number of piperidine rings is 1. The average molecular weight is 448 g/mol. The van der Waals surface area contributed by atoms with Gasteiger partial charge < -0.3 is 5.32 Å². The quantitative estimate of drug-likeness (QED) is 0.591. The van der Waals surface area contributed by atoms with Gasteiger partial charge in [-0.25, -0.2) is 4.39 Å². The Morgan fingerprint density at radius 3 is 2.44 bits per heavy atom. The van der Waals surface area contributed by atoms with E-state index in [1.807, 2.05) is 18.2 Å². The molecule has 162 valence electrons. The van der Waals surface area contributed by atoms with Gasteiger partial charge in [-0.05, 0) is 48.7 Å². The minimum Gasteiger partial charge on any atom is -0.323 e. The van der Waals surface area contributed by atoms with E-state index in [1.54, 1.807) is 36.4 Å². The van der Waals surface area contributed by atoms with Crippen molar-refractivity contribution in [3.63, 3.8) is 0 Å². The molecule has 3 aromatic rings. The number of nitrogens with one attached hydrogen (secondary N) is 1. The van der Waals surface area contributed by atoms with E-state index in [-0.39, 0.29) is 11.7 Å². The van der Waals surface area contributed by atoms with Crippen LogP contribution in [0.5, 0.6) is 0 Å². The molecule has 0 aliphatic carbocycles. The summed E-state index contributed by atoms with van der Waals surface area (Å²) in [5.74, 6) is -0.519. The number of likely N-dealkylation sites (tertiary alicyclic amines) is 1. The largest absolute Gasteiger partial charge is 0.323 e. The molecule has 3 aromatic carbocycles. The standard InChI is InChI=1S/C26H23ClFN3O/c27-19-10-11-23-21(16-19)24(20-8-4-5-9-22(20)28)30-26(25(32)29-23)12-14-31(15-13-26)17-18-6-2-1-3-7-18/h1-11,16H,12-15,17H2,(H,29,32). The zero-order valence-electron chi connectivity index (χ0n) is 17.5. The van der Waals surface area contributed by atoms with Gasteiger partial charge in [-0.3, -0.25) is 14.7 Å². The maximum absolute atomic E-state index is 14.8. The molecule has 4 nitrogen and oxygen atoms in total. The number of nitrogens with zero attached hydrogens (tertiary/aromatic N) is 2. The second kappa shape index (κ2) is 8.49. The third kappa shape index (κ3) is 3.94. The number of rotatable bonds is 3. The summed E-state index contributed by atoms with van der Waals surface area (Å²) in [6, 6.07) is 22.1. The number of amides is 1. The lowest BCUT2D eigenvalue weighted by molar-refractivity contribution is -0.122. The smallest absolute Gasteiger partial charge is 0.252 e. The zero-order chi connectivity index (χ0) is 22.1. The molecule has 0 saturated carbocycles. The molecule has 32 heavy (non-hydrogen) atoms. The highest BCUT2D eigenvalue weighted by molar-refractivity contribution is 6.32. The van der Waals surface area contributed by atoms with Gasteiger partial charge in [0.25, 0.3) is 5.91 Å². The highest BCUT2D eigenvalue weighted by Gasteiger charge is 2.44. The maximum Gasteiger partial charge on any atom is 0.252 e. The van der Waals surface area contributed by atoms with Gasteiger partial charge in [-0.2, -0.15) is 0 Å². The van der Waals surface area contributed by atoms with Crippen molar-refractivity contribution in [3.8, 4) is 0 Å². The molecule has 0 aromatic heterocycles. The van der Waals surface area contributed by atoms with Crippen LogP contribution in [0.3, 0.4) is 0 Å². The first kappa shape index (κ1) is 20.9. The molecule has 0 atom stereocenters. The average Bonchev–Trinajstić information content (AvgIpc) is 2.91. The van der Waals surface area contributed by atoms with Gasteiger partial charge in [0, 0.05) is 35.8 Å². The molecule has 5 rings (SSSR count). The number of benzene rings is 3. The first-order valence-electron chi connectivity index (χ1n) is 10.8. The second-order valence-corrected chi connectivity index (χ2v) is 8.81. The van der Waals surface area contributed by atoms with Crippen LogP contribution >= 0.6 is 11.6 Å². The van der Waals surface area contributed by atoms with Gasteiger partial charge in [0.1, 0.15) is 11.4 Å². The van der Waals surface area contributed by atoms with Crippen molar-refractivity contribution >= 4 is 28.9 Å². The van der Waals surface area contributed by atoms with Crippen molar-refractivity contribution in [2.75, 3.05) is 18.4 Å². The minimum atomic E-state index is -0.948. The second-order valence-electron chi connectivity index (χ2n) is 8.38. The fourth-order valence-electron chi connectivity index (χ4n) is 4.51. The van der Waals surface area contributed by atoms with E-state index in [1.165, 1.54) is 11.6 Å². The minimum absolute atomic E-state index is 0.147. The van der Waals surface area contributed by atoms with Crippen molar-refractivity contribution in [2.24, 2.45) is 4.99 Å². The first-order chi connectivity index (χ1) is 15.5. The van der Waals surface area contributed by atoms with Crippen molar-refractivity contribution in [1.82, 2.24) is 4.90 Å². The summed E-state index contributed by atoms with van der Waals surface area (Å²) in [5.41, 5.74) is 2.38. The van der Waals surface area contributed by atoms with E-state index in [0.717, 1.165) is 19.6 Å². The SMILES string of the molecule is O=C1Nc2ccc(Cl)cc2C(c2ccccc2F)=NC12CCN(Cc1ccccc1)CC2. The summed E-state index contributed by atoms with van der Waals surface area (Å²) < 4.78 is 14.8. The van der Waals surface area contributed by atoms with E-state index in [4.69, 9.17) is 16.6 Å². The molecule has 1 fully saturated rings. The van der Waals surface area contributed by atoms with Crippen LogP contribution in [-0.2, 0) is 11.3 Å². The van der Waals surface area contributed by atoms with Gasteiger partial charge in [-0.1, -0.05) is 54.1 Å². The van der Waals surface area contributed by atoms with Crippen LogP contribution in [0.25, 0.3) is 0 Å². The van der Waals surface area contributed by atoms with Gasteiger partial charge in [0.15, 0.2) is 0 Å². The number of halogens is 2. The summed E-state index contributed by atoms with van der Waals surface area (Å²) in [7, 11) is 0. The Morgan fingerprint density at radius 1 is 0.969 bits per heavy atom. The molecule has 1 amide bonds. The van der Waals surface area contributed by atoms with Crippen LogP contribution in [-0.4, -0.2) is 35.1 Å². The Kier molecular flexibility index (Phi) is 5.53. The molecule has 2 aliphatic rings. The molecule has 2 aliphatic heterocycles. The van der Waals surface area contributed by atoms with Crippen LogP contribution in [0.1, 0.15) is 29.5 Å². The van der Waals surface area contributed by atoms with Gasteiger partial charge in [-0.15, -0.1) is 0 Å². The Bertz CT molecular complexity index is 1190. The molecule has 6 heteroatoms. The Labute approximate surface area is 191 Å². The monoisotopic (exact) mass is 447 g/mol. The molecule has 2 heterocycles. The van der Waals surface area contributed by atoms with Crippen molar-refractivity contribution in [2.45, 2.75) is 24.9 Å². The Hall–Kier alpha value is -3.02. The molecule has 1 N–H and O–H groups in total. The predicted molar refractivity (Wildman–Crippen MR) is 126 cm³/mol. The van der Waals surface area contributed by atoms with Crippen molar-refractivity contribution in [1.29, 1.82) is 0 Å². The lowest BCUT2D eigenvalue weighted by atomic mass is 9.86. The lowest BCUT2D eigenvalue weighted by Crippen LogP contribution is -2.50. The summed E-state index contributed by atoms with van der Waals surface area (Å²) in [6.07, 6.45) is 1.12. The summed E-state index contributed by atoms with van der Waals surface area (Å²) in [6.45, 7) is 2.29. The highest BCUT2D eigenvalue weighted by Crippen LogP contribution is 2.36. The number of hydrogen-bond acceptors (Lipinski definition) is 3. The maximum atomic E-state index is 14.8. The van der Waals surface area contributed by atoms with E-state index >= 15 is 0 Å².